The van der Waals surface area contributed by atoms with Crippen LogP contribution in [-0.2, 0) is 4.79 Å². The Bertz CT molecular complexity index is 1240. The van der Waals surface area contributed by atoms with Gasteiger partial charge in [-0.05, 0) is 43.4 Å². The fourth-order valence-electron chi connectivity index (χ4n) is 5.84. The molecule has 1 aromatic heterocycles. The highest BCUT2D eigenvalue weighted by Crippen LogP contribution is 2.39. The summed E-state index contributed by atoms with van der Waals surface area (Å²) in [5, 5.41) is 2.83. The first-order valence-corrected chi connectivity index (χ1v) is 15.0. The van der Waals surface area contributed by atoms with E-state index in [-0.39, 0.29) is 11.7 Å². The van der Waals surface area contributed by atoms with Crippen LogP contribution in [0.15, 0.2) is 51.6 Å². The van der Waals surface area contributed by atoms with E-state index in [0.29, 0.717) is 12.1 Å². The monoisotopic (exact) mass is 582 g/mol. The molecular formula is C28H37Cl3N4O3. The van der Waals surface area contributed by atoms with Gasteiger partial charge in [-0.3, -0.25) is 4.79 Å². The van der Waals surface area contributed by atoms with Crippen LogP contribution < -0.4 is 16.7 Å². The van der Waals surface area contributed by atoms with E-state index in [1.54, 1.807) is 33.6 Å². The van der Waals surface area contributed by atoms with Crippen LogP contribution in [0.4, 0.5) is 0 Å². The molecule has 1 aromatic carbocycles. The second-order valence-electron chi connectivity index (χ2n) is 10.4. The van der Waals surface area contributed by atoms with Crippen molar-refractivity contribution in [1.82, 2.24) is 19.2 Å². The summed E-state index contributed by atoms with van der Waals surface area (Å²) in [5.74, 6) is -0.737. The van der Waals surface area contributed by atoms with Gasteiger partial charge < -0.3 is 5.32 Å². The van der Waals surface area contributed by atoms with Crippen molar-refractivity contribution >= 4 is 40.7 Å². The minimum atomic E-state index is -2.12. The molecule has 10 heteroatoms. The zero-order valence-electron chi connectivity index (χ0n) is 21.9. The van der Waals surface area contributed by atoms with Crippen molar-refractivity contribution in [3.8, 4) is 5.69 Å². The Labute approximate surface area is 238 Å². The normalized spacial score (nSPS) is 20.9. The minimum absolute atomic E-state index is 0.228. The van der Waals surface area contributed by atoms with Crippen LogP contribution in [0, 0.1) is 0 Å². The standard InChI is InChI=1S/C28H37Cl3N4O3/c1-2-3-4-5-6-7-8-10-17-22-19-20-14-13-18-23(32-25(36)28(29,30)31)24(20)35-27(38)33(26(37)34(22)35)21-15-11-9-12-16-21/h9,11-12,15-16,19,22-24H,2-8,10,13-14,17-18H2,1H3,(H,32,36)/t22-,23+,24-/m0/s1. The first kappa shape index (κ1) is 29.0. The molecule has 1 amide bonds. The van der Waals surface area contributed by atoms with Crippen LogP contribution >= 0.6 is 34.8 Å². The van der Waals surface area contributed by atoms with Gasteiger partial charge in [-0.25, -0.2) is 23.5 Å². The lowest BCUT2D eigenvalue weighted by atomic mass is 9.83. The van der Waals surface area contributed by atoms with Crippen molar-refractivity contribution in [3.63, 3.8) is 0 Å². The largest absolute Gasteiger partial charge is 0.352 e. The summed E-state index contributed by atoms with van der Waals surface area (Å²) in [6, 6.07) is 7.73. The SMILES string of the molecule is CCCCCCCCCC[C@H]1C=C2CCC[C@@H](NC(=O)C(Cl)(Cl)Cl)[C@H]2n2c(=O)n(-c3ccccc3)c(=O)n21. The van der Waals surface area contributed by atoms with E-state index in [0.717, 1.165) is 37.7 Å². The molecule has 4 rings (SSSR count). The third-order valence-corrected chi connectivity index (χ3v) is 8.19. The molecule has 208 valence electrons. The van der Waals surface area contributed by atoms with Crippen LogP contribution in [-0.4, -0.2) is 29.7 Å². The summed E-state index contributed by atoms with van der Waals surface area (Å²) in [7, 11) is 0. The van der Waals surface area contributed by atoms with Gasteiger partial charge in [0.05, 0.1) is 23.8 Å². The number of benzene rings is 1. The predicted molar refractivity (Wildman–Crippen MR) is 154 cm³/mol. The lowest BCUT2D eigenvalue weighted by molar-refractivity contribution is -0.121. The Morgan fingerprint density at radius 3 is 2.24 bits per heavy atom. The molecule has 0 saturated heterocycles. The Hall–Kier alpha value is -1.96. The van der Waals surface area contributed by atoms with E-state index < -0.39 is 27.5 Å². The molecule has 1 aliphatic carbocycles. The number of carbonyl (C=O) groups is 1. The van der Waals surface area contributed by atoms with Crippen LogP contribution in [0.25, 0.3) is 5.69 Å². The van der Waals surface area contributed by atoms with Gasteiger partial charge in [-0.1, -0.05) is 117 Å². The number of hydrogen-bond acceptors (Lipinski definition) is 3. The second kappa shape index (κ2) is 12.9. The van der Waals surface area contributed by atoms with E-state index in [9.17, 15) is 14.4 Å². The summed E-state index contributed by atoms with van der Waals surface area (Å²) in [6.07, 6.45) is 14.7. The molecule has 3 atom stereocenters. The molecule has 0 radical (unpaired) electrons. The molecule has 1 saturated carbocycles. The predicted octanol–water partition coefficient (Wildman–Crippen LogP) is 6.39. The molecule has 0 unspecified atom stereocenters. The minimum Gasteiger partial charge on any atom is -0.347 e. The number of fused-ring (bicyclic) bond motifs is 3. The Morgan fingerprint density at radius 1 is 0.947 bits per heavy atom. The topological polar surface area (TPSA) is 78.0 Å². The summed E-state index contributed by atoms with van der Waals surface area (Å²) in [5.41, 5.74) is 0.760. The van der Waals surface area contributed by atoms with Crippen molar-refractivity contribution in [2.75, 3.05) is 0 Å². The van der Waals surface area contributed by atoms with Gasteiger partial charge in [-0.15, -0.1) is 0 Å². The van der Waals surface area contributed by atoms with Crippen molar-refractivity contribution < 1.29 is 4.79 Å². The highest BCUT2D eigenvalue weighted by molar-refractivity contribution is 6.76. The molecule has 2 heterocycles. The van der Waals surface area contributed by atoms with Crippen LogP contribution in [0.3, 0.4) is 0 Å². The summed E-state index contributed by atoms with van der Waals surface area (Å²) in [4.78, 5) is 40.2. The number of aromatic nitrogens is 3. The van der Waals surface area contributed by atoms with Crippen molar-refractivity contribution in [1.29, 1.82) is 0 Å². The van der Waals surface area contributed by atoms with Gasteiger partial charge in [0.15, 0.2) is 0 Å². The van der Waals surface area contributed by atoms with Gasteiger partial charge in [0.1, 0.15) is 0 Å². The van der Waals surface area contributed by atoms with E-state index in [4.69, 9.17) is 34.8 Å². The lowest BCUT2D eigenvalue weighted by Crippen LogP contribution is -2.52. The summed E-state index contributed by atoms with van der Waals surface area (Å²) in [6.45, 7) is 2.22. The maximum atomic E-state index is 13.9. The van der Waals surface area contributed by atoms with Gasteiger partial charge >= 0.3 is 11.4 Å². The first-order chi connectivity index (χ1) is 18.2. The number of para-hydroxylation sites is 1. The fraction of sp³-hybridized carbons (Fsp3) is 0.607. The van der Waals surface area contributed by atoms with Gasteiger partial charge in [0.25, 0.3) is 9.70 Å². The highest BCUT2D eigenvalue weighted by atomic mass is 35.6. The maximum absolute atomic E-state index is 13.9. The molecule has 0 bridgehead atoms. The number of nitrogens with zero attached hydrogens (tertiary/aromatic N) is 3. The number of carbonyl (C=O) groups excluding carboxylic acids is 1. The maximum Gasteiger partial charge on any atom is 0.352 e. The Morgan fingerprint density at radius 2 is 1.58 bits per heavy atom. The third-order valence-electron chi connectivity index (χ3n) is 7.67. The fourth-order valence-corrected chi connectivity index (χ4v) is 6.00. The average Bonchev–Trinajstić information content (AvgIpc) is 3.15. The molecule has 1 fully saturated rings. The van der Waals surface area contributed by atoms with E-state index in [1.807, 2.05) is 6.07 Å². The number of halogens is 3. The number of nitrogens with one attached hydrogen (secondary N) is 1. The molecular weight excluding hydrogens is 547 g/mol. The van der Waals surface area contributed by atoms with Gasteiger partial charge in [0.2, 0.25) is 0 Å². The second-order valence-corrected chi connectivity index (χ2v) is 12.7. The number of hydrogen-bond donors (Lipinski definition) is 1. The molecule has 0 spiro atoms. The van der Waals surface area contributed by atoms with Crippen LogP contribution in [0.5, 0.6) is 0 Å². The quantitative estimate of drug-likeness (QED) is 0.189. The van der Waals surface area contributed by atoms with E-state index in [1.165, 1.54) is 43.1 Å². The smallest absolute Gasteiger partial charge is 0.347 e. The zero-order valence-corrected chi connectivity index (χ0v) is 24.1. The Balaban J connectivity index is 1.64. The molecule has 1 aliphatic heterocycles. The average molecular weight is 584 g/mol. The third kappa shape index (κ3) is 6.43. The molecule has 1 N–H and O–H groups in total. The molecule has 2 aliphatic rings. The van der Waals surface area contributed by atoms with Gasteiger partial charge in [0, 0.05) is 0 Å². The molecule has 2 aromatic rings. The summed E-state index contributed by atoms with van der Waals surface area (Å²) >= 11 is 17.5. The number of unbranched alkanes of at least 4 members (excludes halogenated alkanes) is 7. The lowest BCUT2D eigenvalue weighted by Gasteiger charge is -2.40. The molecule has 7 nitrogen and oxygen atoms in total. The van der Waals surface area contributed by atoms with E-state index in [2.05, 4.69) is 18.3 Å². The van der Waals surface area contributed by atoms with Crippen LogP contribution in [0.2, 0.25) is 0 Å². The number of amides is 1. The number of rotatable bonds is 11. The number of alkyl halides is 3. The van der Waals surface area contributed by atoms with Crippen LogP contribution in [0.1, 0.15) is 96.1 Å². The van der Waals surface area contributed by atoms with Gasteiger partial charge in [-0.2, -0.15) is 0 Å². The van der Waals surface area contributed by atoms with E-state index >= 15 is 0 Å². The summed E-state index contributed by atoms with van der Waals surface area (Å²) < 4.78 is 2.24. The first-order valence-electron chi connectivity index (χ1n) is 13.8. The Kier molecular flexibility index (Phi) is 9.88. The highest BCUT2D eigenvalue weighted by Gasteiger charge is 2.42. The molecule has 38 heavy (non-hydrogen) atoms. The number of allylic oxidation sites excluding steroid dienone is 1. The zero-order chi connectivity index (χ0) is 27.3. The van der Waals surface area contributed by atoms with Crippen molar-refractivity contribution in [2.24, 2.45) is 0 Å². The van der Waals surface area contributed by atoms with Crippen molar-refractivity contribution in [2.45, 2.75) is 106 Å². The van der Waals surface area contributed by atoms with Crippen molar-refractivity contribution in [3.05, 3.63) is 62.9 Å².